The molecule has 2 aliphatic rings. The quantitative estimate of drug-likeness (QED) is 0.445. The Balaban J connectivity index is 1.45. The minimum atomic E-state index is -0.403. The van der Waals surface area contributed by atoms with Crippen LogP contribution in [0.4, 0.5) is 0 Å². The minimum Gasteiger partial charge on any atom is -0.354 e. The third-order valence-electron chi connectivity index (χ3n) is 7.26. The zero-order valence-electron chi connectivity index (χ0n) is 19.8. The Morgan fingerprint density at radius 2 is 1.58 bits per heavy atom. The van der Waals surface area contributed by atoms with Crippen molar-refractivity contribution >= 4 is 29.1 Å². The van der Waals surface area contributed by atoms with Crippen molar-refractivity contribution in [1.82, 2.24) is 19.7 Å². The molecule has 1 unspecified atom stereocenters. The van der Waals surface area contributed by atoms with Gasteiger partial charge in [0.15, 0.2) is 0 Å². The van der Waals surface area contributed by atoms with Crippen molar-refractivity contribution in [3.8, 4) is 11.3 Å². The molecule has 0 saturated carbocycles. The molecule has 0 aliphatic carbocycles. The first-order chi connectivity index (χ1) is 17.7. The average molecular weight is 479 g/mol. The highest BCUT2D eigenvalue weighted by Crippen LogP contribution is 2.45. The van der Waals surface area contributed by atoms with Crippen molar-refractivity contribution in [1.29, 1.82) is 0 Å². The topological polar surface area (TPSA) is 76.7 Å². The SMILES string of the molecule is O=CN1CCN(C(=O)CN2C(=O)c3ccccc3C2c2c(-c3ccccc3)[nH]c3ccccc23)CC1. The Morgan fingerprint density at radius 3 is 2.36 bits per heavy atom. The lowest BCUT2D eigenvalue weighted by atomic mass is 9.93. The molecule has 1 saturated heterocycles. The molecule has 36 heavy (non-hydrogen) atoms. The summed E-state index contributed by atoms with van der Waals surface area (Å²) in [7, 11) is 0. The van der Waals surface area contributed by atoms with Gasteiger partial charge in [0.1, 0.15) is 6.54 Å². The number of H-pyrrole nitrogens is 1. The van der Waals surface area contributed by atoms with Gasteiger partial charge in [-0.1, -0.05) is 66.7 Å². The molecule has 3 aromatic carbocycles. The first-order valence-electron chi connectivity index (χ1n) is 12.2. The predicted octanol–water partition coefficient (Wildman–Crippen LogP) is 3.68. The number of carbonyl (C=O) groups is 3. The summed E-state index contributed by atoms with van der Waals surface area (Å²) in [4.78, 5) is 46.9. The van der Waals surface area contributed by atoms with Crippen molar-refractivity contribution in [2.24, 2.45) is 0 Å². The number of carbonyl (C=O) groups excluding carboxylic acids is 3. The van der Waals surface area contributed by atoms with E-state index in [9.17, 15) is 14.4 Å². The van der Waals surface area contributed by atoms with Gasteiger partial charge in [0.25, 0.3) is 5.91 Å². The number of fused-ring (bicyclic) bond motifs is 2. The van der Waals surface area contributed by atoms with Crippen LogP contribution in [0.3, 0.4) is 0 Å². The number of para-hydroxylation sites is 1. The maximum atomic E-state index is 13.7. The lowest BCUT2D eigenvalue weighted by molar-refractivity contribution is -0.135. The monoisotopic (exact) mass is 478 g/mol. The van der Waals surface area contributed by atoms with E-state index in [1.54, 1.807) is 14.7 Å². The highest BCUT2D eigenvalue weighted by atomic mass is 16.2. The van der Waals surface area contributed by atoms with E-state index in [1.807, 2.05) is 60.7 Å². The van der Waals surface area contributed by atoms with Crippen molar-refractivity contribution < 1.29 is 14.4 Å². The molecule has 7 nitrogen and oxygen atoms in total. The van der Waals surface area contributed by atoms with E-state index in [0.29, 0.717) is 31.7 Å². The van der Waals surface area contributed by atoms with Crippen molar-refractivity contribution in [2.45, 2.75) is 6.04 Å². The number of nitrogens with one attached hydrogen (secondary N) is 1. The largest absolute Gasteiger partial charge is 0.354 e. The molecule has 2 aliphatic heterocycles. The number of piperazine rings is 1. The number of hydrogen-bond donors (Lipinski definition) is 1. The fourth-order valence-electron chi connectivity index (χ4n) is 5.45. The van der Waals surface area contributed by atoms with Gasteiger partial charge in [-0.05, 0) is 23.3 Å². The lowest BCUT2D eigenvalue weighted by Crippen LogP contribution is -2.51. The van der Waals surface area contributed by atoms with E-state index in [2.05, 4.69) is 23.2 Å². The molecular weight excluding hydrogens is 452 g/mol. The summed E-state index contributed by atoms with van der Waals surface area (Å²) in [6.07, 6.45) is 0.820. The molecule has 4 aromatic rings. The first kappa shape index (κ1) is 22.1. The van der Waals surface area contributed by atoms with E-state index in [-0.39, 0.29) is 18.4 Å². The van der Waals surface area contributed by atoms with E-state index in [0.717, 1.165) is 39.7 Å². The van der Waals surface area contributed by atoms with Crippen LogP contribution in [0.5, 0.6) is 0 Å². The van der Waals surface area contributed by atoms with Crippen LogP contribution in [0.25, 0.3) is 22.2 Å². The molecule has 1 N–H and O–H groups in total. The van der Waals surface area contributed by atoms with Crippen LogP contribution in [-0.4, -0.2) is 70.6 Å². The van der Waals surface area contributed by atoms with Crippen LogP contribution in [0, 0.1) is 0 Å². The second-order valence-corrected chi connectivity index (χ2v) is 9.27. The molecule has 1 atom stereocenters. The number of benzene rings is 3. The number of aromatic amines is 1. The summed E-state index contributed by atoms with van der Waals surface area (Å²) in [6, 6.07) is 25.4. The van der Waals surface area contributed by atoms with Gasteiger partial charge < -0.3 is 19.7 Å². The summed E-state index contributed by atoms with van der Waals surface area (Å²) >= 11 is 0. The molecule has 6 rings (SSSR count). The molecule has 0 bridgehead atoms. The van der Waals surface area contributed by atoms with Crippen LogP contribution >= 0.6 is 0 Å². The standard InChI is InChI=1S/C29H26N4O3/c34-19-31-14-16-32(17-15-31)25(35)18-33-28(21-10-4-5-11-22(21)29(33)36)26-23-12-6-7-13-24(23)30-27(26)20-8-2-1-3-9-20/h1-13,19,28,30H,14-18H2. The van der Waals surface area contributed by atoms with Gasteiger partial charge in [-0.15, -0.1) is 0 Å². The highest BCUT2D eigenvalue weighted by Gasteiger charge is 2.41. The van der Waals surface area contributed by atoms with Crippen molar-refractivity contribution in [3.63, 3.8) is 0 Å². The summed E-state index contributed by atoms with van der Waals surface area (Å²) < 4.78 is 0. The molecule has 1 fully saturated rings. The zero-order valence-corrected chi connectivity index (χ0v) is 19.8. The van der Waals surface area contributed by atoms with Gasteiger partial charge in [0, 0.05) is 48.2 Å². The number of nitrogens with zero attached hydrogens (tertiary/aromatic N) is 3. The second kappa shape index (κ2) is 9.00. The van der Waals surface area contributed by atoms with Crippen LogP contribution in [-0.2, 0) is 9.59 Å². The molecular formula is C29H26N4O3. The Labute approximate surface area is 208 Å². The van der Waals surface area contributed by atoms with E-state index >= 15 is 0 Å². The molecule has 1 aromatic heterocycles. The maximum absolute atomic E-state index is 13.7. The highest BCUT2D eigenvalue weighted by molar-refractivity contribution is 6.03. The third kappa shape index (κ3) is 3.64. The van der Waals surface area contributed by atoms with E-state index < -0.39 is 6.04 Å². The number of hydrogen-bond acceptors (Lipinski definition) is 3. The van der Waals surface area contributed by atoms with Crippen molar-refractivity contribution in [2.75, 3.05) is 32.7 Å². The van der Waals surface area contributed by atoms with Crippen LogP contribution < -0.4 is 0 Å². The average Bonchev–Trinajstić information content (AvgIpc) is 3.44. The Hall–Kier alpha value is -4.39. The Kier molecular flexibility index (Phi) is 5.52. The summed E-state index contributed by atoms with van der Waals surface area (Å²) in [5.74, 6) is -0.243. The molecule has 7 heteroatoms. The van der Waals surface area contributed by atoms with Crippen LogP contribution in [0.1, 0.15) is 27.5 Å². The van der Waals surface area contributed by atoms with Gasteiger partial charge in [-0.2, -0.15) is 0 Å². The van der Waals surface area contributed by atoms with E-state index in [1.165, 1.54) is 0 Å². The number of aromatic nitrogens is 1. The lowest BCUT2D eigenvalue weighted by Gasteiger charge is -2.34. The fraction of sp³-hybridized carbons (Fsp3) is 0.207. The predicted molar refractivity (Wildman–Crippen MR) is 137 cm³/mol. The van der Waals surface area contributed by atoms with Crippen LogP contribution in [0.15, 0.2) is 78.9 Å². The summed E-state index contributed by atoms with van der Waals surface area (Å²) in [5.41, 5.74) is 5.49. The molecule has 3 heterocycles. The van der Waals surface area contributed by atoms with E-state index in [4.69, 9.17) is 0 Å². The van der Waals surface area contributed by atoms with Gasteiger partial charge in [0.2, 0.25) is 12.3 Å². The van der Waals surface area contributed by atoms with Gasteiger partial charge in [0.05, 0.1) is 11.7 Å². The van der Waals surface area contributed by atoms with Gasteiger partial charge in [-0.25, -0.2) is 0 Å². The molecule has 0 spiro atoms. The number of amides is 3. The Morgan fingerprint density at radius 1 is 0.889 bits per heavy atom. The summed E-state index contributed by atoms with van der Waals surface area (Å²) in [5, 5.41) is 1.03. The maximum Gasteiger partial charge on any atom is 0.255 e. The fourth-order valence-corrected chi connectivity index (χ4v) is 5.45. The van der Waals surface area contributed by atoms with Crippen LogP contribution in [0.2, 0.25) is 0 Å². The van der Waals surface area contributed by atoms with Gasteiger partial charge in [-0.3, -0.25) is 14.4 Å². The van der Waals surface area contributed by atoms with Crippen molar-refractivity contribution in [3.05, 3.63) is 95.6 Å². The normalized spacial score (nSPS) is 17.5. The number of rotatable bonds is 5. The third-order valence-corrected chi connectivity index (χ3v) is 7.26. The molecule has 0 radical (unpaired) electrons. The molecule has 3 amide bonds. The zero-order chi connectivity index (χ0) is 24.6. The summed E-state index contributed by atoms with van der Waals surface area (Å²) in [6.45, 7) is 1.94. The smallest absolute Gasteiger partial charge is 0.255 e. The second-order valence-electron chi connectivity index (χ2n) is 9.27. The minimum absolute atomic E-state index is 0.0208. The van der Waals surface area contributed by atoms with Gasteiger partial charge >= 0.3 is 0 Å². The molecule has 180 valence electrons. The first-order valence-corrected chi connectivity index (χ1v) is 12.2. The Bertz CT molecular complexity index is 1450.